The van der Waals surface area contributed by atoms with Gasteiger partial charge in [0.1, 0.15) is 5.56 Å². The van der Waals surface area contributed by atoms with Gasteiger partial charge in [-0.25, -0.2) is 9.48 Å². The van der Waals surface area contributed by atoms with Gasteiger partial charge in [-0.1, -0.05) is 48.5 Å². The van der Waals surface area contributed by atoms with Crippen LogP contribution in [0.3, 0.4) is 0 Å². The normalized spacial score (nSPS) is 15.3. The third-order valence-electron chi connectivity index (χ3n) is 6.06. The molecule has 4 rings (SSSR count). The van der Waals surface area contributed by atoms with Gasteiger partial charge in [0, 0.05) is 32.7 Å². The summed E-state index contributed by atoms with van der Waals surface area (Å²) in [5.41, 5.74) is 3.82. The van der Waals surface area contributed by atoms with Crippen LogP contribution in [-0.4, -0.2) is 63.7 Å². The first kappa shape index (κ1) is 22.7. The molecule has 1 unspecified atom stereocenters. The quantitative estimate of drug-likeness (QED) is 0.543. The molecule has 1 aromatic heterocycles. The second-order valence-electron chi connectivity index (χ2n) is 8.43. The fourth-order valence-electron chi connectivity index (χ4n) is 4.25. The first-order chi connectivity index (χ1) is 15.9. The maximum absolute atomic E-state index is 12.9. The number of amides is 1. The molecule has 0 bridgehead atoms. The highest BCUT2D eigenvalue weighted by Crippen LogP contribution is 2.20. The Bertz CT molecular complexity index is 1100. The number of rotatable bonds is 6. The standard InChI is InChI=1S/C26H30N4O3/c1-19-24(20(2)30(27-19)23-12-8-5-9-13-23)26(32)33-21(3)25(31)29-16-14-28(15-17-29)18-22-10-6-4-7-11-22/h4-13,21H,14-18H2,1-3H3. The van der Waals surface area contributed by atoms with Crippen molar-refractivity contribution in [3.05, 3.63) is 83.2 Å². The van der Waals surface area contributed by atoms with Crippen molar-refractivity contribution in [2.24, 2.45) is 0 Å². The van der Waals surface area contributed by atoms with Crippen LogP contribution in [0.1, 0.15) is 34.2 Å². The van der Waals surface area contributed by atoms with Gasteiger partial charge in [0.2, 0.25) is 0 Å². The summed E-state index contributed by atoms with van der Waals surface area (Å²) in [6.45, 7) is 8.96. The number of hydrogen-bond donors (Lipinski definition) is 0. The molecule has 1 aliphatic heterocycles. The average molecular weight is 447 g/mol. The van der Waals surface area contributed by atoms with Gasteiger partial charge in [0.15, 0.2) is 6.10 Å². The highest BCUT2D eigenvalue weighted by atomic mass is 16.5. The highest BCUT2D eigenvalue weighted by molar-refractivity contribution is 5.94. The lowest BCUT2D eigenvalue weighted by Gasteiger charge is -2.35. The molecule has 33 heavy (non-hydrogen) atoms. The van der Waals surface area contributed by atoms with Crippen LogP contribution in [0.5, 0.6) is 0 Å². The van der Waals surface area contributed by atoms with E-state index >= 15 is 0 Å². The predicted molar refractivity (Wildman–Crippen MR) is 126 cm³/mol. The minimum Gasteiger partial charge on any atom is -0.449 e. The molecular weight excluding hydrogens is 416 g/mol. The first-order valence-corrected chi connectivity index (χ1v) is 11.3. The van der Waals surface area contributed by atoms with E-state index in [1.807, 2.05) is 55.5 Å². The molecule has 172 valence electrons. The molecule has 0 aliphatic carbocycles. The lowest BCUT2D eigenvalue weighted by Crippen LogP contribution is -2.51. The van der Waals surface area contributed by atoms with E-state index in [0.29, 0.717) is 30.0 Å². The van der Waals surface area contributed by atoms with E-state index in [1.54, 1.807) is 23.4 Å². The lowest BCUT2D eigenvalue weighted by atomic mass is 10.2. The summed E-state index contributed by atoms with van der Waals surface area (Å²) in [5, 5.41) is 4.50. The number of aryl methyl sites for hydroxylation is 1. The molecular formula is C26H30N4O3. The van der Waals surface area contributed by atoms with Crippen molar-refractivity contribution >= 4 is 11.9 Å². The summed E-state index contributed by atoms with van der Waals surface area (Å²) in [5.74, 6) is -0.677. The average Bonchev–Trinajstić information content (AvgIpc) is 3.14. The van der Waals surface area contributed by atoms with Crippen LogP contribution in [0.25, 0.3) is 5.69 Å². The van der Waals surface area contributed by atoms with Gasteiger partial charge in [0.25, 0.3) is 5.91 Å². The van der Waals surface area contributed by atoms with Crippen molar-refractivity contribution in [3.63, 3.8) is 0 Å². The van der Waals surface area contributed by atoms with Crippen LogP contribution in [-0.2, 0) is 16.1 Å². The molecule has 0 radical (unpaired) electrons. The summed E-state index contributed by atoms with van der Waals surface area (Å²) >= 11 is 0. The van der Waals surface area contributed by atoms with Crippen LogP contribution >= 0.6 is 0 Å². The number of carbonyl (C=O) groups is 2. The number of piperazine rings is 1. The second-order valence-corrected chi connectivity index (χ2v) is 8.43. The Balaban J connectivity index is 1.35. The molecule has 2 aromatic carbocycles. The van der Waals surface area contributed by atoms with Gasteiger partial charge < -0.3 is 9.64 Å². The molecule has 0 spiro atoms. The van der Waals surface area contributed by atoms with E-state index in [9.17, 15) is 9.59 Å². The topological polar surface area (TPSA) is 67.7 Å². The number of esters is 1. The zero-order valence-corrected chi connectivity index (χ0v) is 19.4. The smallest absolute Gasteiger partial charge is 0.342 e. The van der Waals surface area contributed by atoms with E-state index in [4.69, 9.17) is 4.74 Å². The van der Waals surface area contributed by atoms with E-state index in [2.05, 4.69) is 22.1 Å². The number of benzene rings is 2. The highest BCUT2D eigenvalue weighted by Gasteiger charge is 2.29. The number of nitrogens with zero attached hydrogens (tertiary/aromatic N) is 4. The summed E-state index contributed by atoms with van der Waals surface area (Å²) in [6, 6.07) is 19.9. The third-order valence-corrected chi connectivity index (χ3v) is 6.06. The fraction of sp³-hybridized carbons (Fsp3) is 0.346. The maximum atomic E-state index is 12.9. The minimum absolute atomic E-state index is 0.159. The number of para-hydroxylation sites is 1. The monoisotopic (exact) mass is 446 g/mol. The van der Waals surface area contributed by atoms with Gasteiger partial charge >= 0.3 is 5.97 Å². The summed E-state index contributed by atoms with van der Waals surface area (Å²) in [4.78, 5) is 30.0. The van der Waals surface area contributed by atoms with Crippen LogP contribution in [0.4, 0.5) is 0 Å². The van der Waals surface area contributed by atoms with Crippen LogP contribution < -0.4 is 0 Å². The van der Waals surface area contributed by atoms with Crippen LogP contribution in [0.15, 0.2) is 60.7 Å². The molecule has 0 saturated carbocycles. The van der Waals surface area contributed by atoms with Crippen LogP contribution in [0, 0.1) is 13.8 Å². The van der Waals surface area contributed by atoms with Crippen molar-refractivity contribution in [3.8, 4) is 5.69 Å². The van der Waals surface area contributed by atoms with Crippen LogP contribution in [0.2, 0.25) is 0 Å². The van der Waals surface area contributed by atoms with E-state index in [0.717, 1.165) is 25.3 Å². The number of aromatic nitrogens is 2. The SMILES string of the molecule is Cc1nn(-c2ccccc2)c(C)c1C(=O)OC(C)C(=O)N1CCN(Cc2ccccc2)CC1. The molecule has 1 saturated heterocycles. The zero-order valence-electron chi connectivity index (χ0n) is 19.4. The second kappa shape index (κ2) is 10.0. The van der Waals surface area contributed by atoms with Gasteiger partial charge in [-0.3, -0.25) is 9.69 Å². The Morgan fingerprint density at radius 3 is 2.18 bits per heavy atom. The number of carbonyl (C=O) groups excluding carboxylic acids is 2. The number of hydrogen-bond acceptors (Lipinski definition) is 5. The largest absolute Gasteiger partial charge is 0.449 e. The molecule has 1 fully saturated rings. The Morgan fingerprint density at radius 2 is 1.55 bits per heavy atom. The zero-order chi connectivity index (χ0) is 23.4. The Labute approximate surface area is 194 Å². The molecule has 7 heteroatoms. The van der Waals surface area contributed by atoms with Gasteiger partial charge in [-0.2, -0.15) is 5.10 Å². The Kier molecular flexibility index (Phi) is 6.89. The summed E-state index contributed by atoms with van der Waals surface area (Å²) in [6.07, 6.45) is -0.850. The summed E-state index contributed by atoms with van der Waals surface area (Å²) < 4.78 is 7.31. The first-order valence-electron chi connectivity index (χ1n) is 11.3. The Hall–Kier alpha value is -3.45. The molecule has 3 aromatic rings. The molecule has 7 nitrogen and oxygen atoms in total. The van der Waals surface area contributed by atoms with Crippen molar-refractivity contribution in [2.45, 2.75) is 33.4 Å². The van der Waals surface area contributed by atoms with Crippen molar-refractivity contribution < 1.29 is 14.3 Å². The molecule has 1 aliphatic rings. The minimum atomic E-state index is -0.850. The number of ether oxygens (including phenoxy) is 1. The molecule has 0 N–H and O–H groups in total. The summed E-state index contributed by atoms with van der Waals surface area (Å²) in [7, 11) is 0. The Morgan fingerprint density at radius 1 is 0.939 bits per heavy atom. The molecule has 1 amide bonds. The van der Waals surface area contributed by atoms with E-state index in [-0.39, 0.29) is 5.91 Å². The fourth-order valence-corrected chi connectivity index (χ4v) is 4.25. The maximum Gasteiger partial charge on any atom is 0.342 e. The molecule has 1 atom stereocenters. The van der Waals surface area contributed by atoms with Gasteiger partial charge in [0.05, 0.1) is 17.1 Å². The van der Waals surface area contributed by atoms with E-state index in [1.165, 1.54) is 5.56 Å². The predicted octanol–water partition coefficient (Wildman–Crippen LogP) is 3.38. The van der Waals surface area contributed by atoms with Crippen molar-refractivity contribution in [1.82, 2.24) is 19.6 Å². The molecule has 2 heterocycles. The van der Waals surface area contributed by atoms with Gasteiger partial charge in [-0.05, 0) is 38.5 Å². The lowest BCUT2D eigenvalue weighted by molar-refractivity contribution is -0.141. The van der Waals surface area contributed by atoms with Gasteiger partial charge in [-0.15, -0.1) is 0 Å². The van der Waals surface area contributed by atoms with Crippen molar-refractivity contribution in [1.29, 1.82) is 0 Å². The third kappa shape index (κ3) is 5.14. The van der Waals surface area contributed by atoms with Crippen molar-refractivity contribution in [2.75, 3.05) is 26.2 Å². The van der Waals surface area contributed by atoms with E-state index < -0.39 is 12.1 Å².